The Morgan fingerprint density at radius 2 is 0.723 bits per heavy atom. The summed E-state index contributed by atoms with van der Waals surface area (Å²) in [6, 6.07) is 27.1. The molecule has 0 radical (unpaired) electrons. The van der Waals surface area contributed by atoms with Gasteiger partial charge in [-0.2, -0.15) is 0 Å². The molecule has 6 nitrogen and oxygen atoms in total. The molecule has 47 heavy (non-hydrogen) atoms. The van der Waals surface area contributed by atoms with Gasteiger partial charge in [-0.05, 0) is 70.8 Å². The summed E-state index contributed by atoms with van der Waals surface area (Å²) in [7, 11) is 0. The molecule has 0 N–H and O–H groups in total. The van der Waals surface area contributed by atoms with Gasteiger partial charge in [0.1, 0.15) is 74.1 Å². The van der Waals surface area contributed by atoms with Crippen LogP contribution in [-0.4, -0.2) is 26.4 Å². The lowest BCUT2D eigenvalue weighted by molar-refractivity contribution is 0.301. The Morgan fingerprint density at radius 3 is 1.00 bits per heavy atom. The Balaban J connectivity index is 1.38. The SMILES string of the molecule is C#CCOc1cc(COc2ccc(C(C)(C)c3ccc(OCc4cc(OCC#C)cc(OCC#C)c4)cc3)cc2)cc(OCC#C)c1. The van der Waals surface area contributed by atoms with Gasteiger partial charge in [0.2, 0.25) is 0 Å². The van der Waals surface area contributed by atoms with Crippen LogP contribution in [-0.2, 0) is 18.6 Å². The standard InChI is InChI=1S/C41H36O6/c1-7-19-42-37-23-31(24-38(27-37)43-20-8-2)29-46-35-15-11-33(12-16-35)41(5,6)34-13-17-36(18-14-34)47-30-32-25-39(44-21-9-3)28-40(26-32)45-22-10-4/h1-4,11-18,23-28H,19-22,29-30H2,5-6H3. The highest BCUT2D eigenvalue weighted by Gasteiger charge is 2.23. The Labute approximate surface area is 277 Å². The van der Waals surface area contributed by atoms with Crippen LogP contribution in [0, 0.1) is 49.4 Å². The third-order valence-electron chi connectivity index (χ3n) is 7.13. The lowest BCUT2D eigenvalue weighted by atomic mass is 9.78. The van der Waals surface area contributed by atoms with Crippen molar-refractivity contribution in [2.24, 2.45) is 0 Å². The van der Waals surface area contributed by atoms with E-state index in [4.69, 9.17) is 54.1 Å². The second-order valence-electron chi connectivity index (χ2n) is 10.8. The first-order valence-corrected chi connectivity index (χ1v) is 14.8. The van der Waals surface area contributed by atoms with Crippen molar-refractivity contribution in [1.29, 1.82) is 0 Å². The van der Waals surface area contributed by atoms with E-state index in [1.54, 1.807) is 12.1 Å². The molecule has 0 aromatic heterocycles. The summed E-state index contributed by atoms with van der Waals surface area (Å²) in [6.45, 7) is 5.57. The molecule has 0 spiro atoms. The zero-order valence-electron chi connectivity index (χ0n) is 26.6. The maximum Gasteiger partial charge on any atom is 0.148 e. The van der Waals surface area contributed by atoms with Crippen LogP contribution in [0.25, 0.3) is 0 Å². The van der Waals surface area contributed by atoms with Crippen molar-refractivity contribution >= 4 is 0 Å². The predicted octanol–water partition coefficient (Wildman–Crippen LogP) is 7.22. The molecule has 0 heterocycles. The van der Waals surface area contributed by atoms with Gasteiger partial charge in [-0.3, -0.25) is 0 Å². The number of hydrogen-bond donors (Lipinski definition) is 0. The molecular formula is C41H36O6. The lowest BCUT2D eigenvalue weighted by Gasteiger charge is -2.26. The van der Waals surface area contributed by atoms with Crippen molar-refractivity contribution in [3.63, 3.8) is 0 Å². The average Bonchev–Trinajstić information content (AvgIpc) is 3.10. The fraction of sp³-hybridized carbons (Fsp3) is 0.220. The van der Waals surface area contributed by atoms with Crippen LogP contribution < -0.4 is 28.4 Å². The fourth-order valence-electron chi connectivity index (χ4n) is 4.70. The van der Waals surface area contributed by atoms with Gasteiger partial charge in [-0.1, -0.05) is 61.8 Å². The number of benzene rings is 4. The predicted molar refractivity (Wildman–Crippen MR) is 184 cm³/mol. The molecule has 0 bridgehead atoms. The van der Waals surface area contributed by atoms with Crippen molar-refractivity contribution in [3.8, 4) is 83.9 Å². The third kappa shape index (κ3) is 9.96. The number of ether oxygens (including phenoxy) is 6. The number of rotatable bonds is 16. The Bertz CT molecular complexity index is 1590. The van der Waals surface area contributed by atoms with E-state index < -0.39 is 0 Å². The topological polar surface area (TPSA) is 55.4 Å². The summed E-state index contributed by atoms with van der Waals surface area (Å²) >= 11 is 0. The van der Waals surface area contributed by atoms with Gasteiger partial charge in [-0.25, -0.2) is 0 Å². The Kier molecular flexibility index (Phi) is 12.1. The molecule has 4 aromatic rings. The van der Waals surface area contributed by atoms with Crippen LogP contribution in [0.4, 0.5) is 0 Å². The van der Waals surface area contributed by atoms with Gasteiger partial charge in [0, 0.05) is 17.5 Å². The molecule has 0 aliphatic carbocycles. The molecule has 0 unspecified atom stereocenters. The zero-order chi connectivity index (χ0) is 33.5. The van der Waals surface area contributed by atoms with E-state index in [1.807, 2.05) is 48.5 Å². The van der Waals surface area contributed by atoms with Crippen molar-refractivity contribution < 1.29 is 28.4 Å². The highest BCUT2D eigenvalue weighted by Crippen LogP contribution is 2.34. The van der Waals surface area contributed by atoms with Gasteiger partial charge in [-0.15, -0.1) is 25.7 Å². The van der Waals surface area contributed by atoms with Gasteiger partial charge < -0.3 is 28.4 Å². The first-order chi connectivity index (χ1) is 22.8. The zero-order valence-corrected chi connectivity index (χ0v) is 26.6. The smallest absolute Gasteiger partial charge is 0.148 e. The minimum atomic E-state index is -0.269. The quantitative estimate of drug-likeness (QED) is 0.123. The van der Waals surface area contributed by atoms with Crippen LogP contribution >= 0.6 is 0 Å². The van der Waals surface area contributed by atoms with Gasteiger partial charge in [0.25, 0.3) is 0 Å². The number of hydrogen-bond acceptors (Lipinski definition) is 6. The van der Waals surface area contributed by atoms with Gasteiger partial charge >= 0.3 is 0 Å². The van der Waals surface area contributed by atoms with E-state index in [1.165, 1.54) is 0 Å². The largest absolute Gasteiger partial charge is 0.489 e. The van der Waals surface area contributed by atoms with Gasteiger partial charge in [0.05, 0.1) is 0 Å². The summed E-state index contributed by atoms with van der Waals surface area (Å²) in [4.78, 5) is 0. The van der Waals surface area contributed by atoms with E-state index in [9.17, 15) is 0 Å². The molecule has 6 heteroatoms. The molecule has 0 aliphatic heterocycles. The molecule has 4 rings (SSSR count). The summed E-state index contributed by atoms with van der Waals surface area (Å²) in [5.41, 5.74) is 3.73. The van der Waals surface area contributed by atoms with E-state index >= 15 is 0 Å². The summed E-state index contributed by atoms with van der Waals surface area (Å²) in [5.74, 6) is 13.7. The molecule has 0 atom stereocenters. The van der Waals surface area contributed by atoms with Crippen LogP contribution in [0.3, 0.4) is 0 Å². The highest BCUT2D eigenvalue weighted by molar-refractivity contribution is 5.43. The van der Waals surface area contributed by atoms with E-state index in [0.29, 0.717) is 36.2 Å². The minimum absolute atomic E-state index is 0.148. The minimum Gasteiger partial charge on any atom is -0.489 e. The maximum atomic E-state index is 6.08. The maximum absolute atomic E-state index is 6.08. The van der Waals surface area contributed by atoms with Crippen LogP contribution in [0.15, 0.2) is 84.9 Å². The van der Waals surface area contributed by atoms with E-state index in [2.05, 4.69) is 61.8 Å². The molecule has 0 amide bonds. The second kappa shape index (κ2) is 16.8. The van der Waals surface area contributed by atoms with E-state index in [0.717, 1.165) is 33.8 Å². The first-order valence-electron chi connectivity index (χ1n) is 14.8. The van der Waals surface area contributed by atoms with Crippen molar-refractivity contribution in [1.82, 2.24) is 0 Å². The summed E-state index contributed by atoms with van der Waals surface area (Å²) < 4.78 is 34.5. The molecule has 0 fully saturated rings. The second-order valence-corrected chi connectivity index (χ2v) is 10.8. The van der Waals surface area contributed by atoms with Crippen molar-refractivity contribution in [2.45, 2.75) is 32.5 Å². The van der Waals surface area contributed by atoms with Crippen molar-refractivity contribution in [3.05, 3.63) is 107 Å². The monoisotopic (exact) mass is 624 g/mol. The molecule has 0 saturated carbocycles. The number of terminal acetylenes is 4. The van der Waals surface area contributed by atoms with Crippen LogP contribution in [0.1, 0.15) is 36.1 Å². The molecular weight excluding hydrogens is 588 g/mol. The van der Waals surface area contributed by atoms with Crippen LogP contribution in [0.5, 0.6) is 34.5 Å². The van der Waals surface area contributed by atoms with Crippen LogP contribution in [0.2, 0.25) is 0 Å². The molecule has 4 aromatic carbocycles. The van der Waals surface area contributed by atoms with Crippen molar-refractivity contribution in [2.75, 3.05) is 26.4 Å². The van der Waals surface area contributed by atoms with Gasteiger partial charge in [0.15, 0.2) is 0 Å². The Morgan fingerprint density at radius 1 is 0.426 bits per heavy atom. The first kappa shape index (κ1) is 33.8. The summed E-state index contributed by atoms with van der Waals surface area (Å²) in [5, 5.41) is 0. The molecule has 0 saturated heterocycles. The summed E-state index contributed by atoms with van der Waals surface area (Å²) in [6.07, 6.45) is 21.4. The fourth-order valence-corrected chi connectivity index (χ4v) is 4.70. The lowest BCUT2D eigenvalue weighted by Crippen LogP contribution is -2.18. The molecule has 236 valence electrons. The third-order valence-corrected chi connectivity index (χ3v) is 7.13. The normalized spacial score (nSPS) is 10.3. The average molecular weight is 625 g/mol. The van der Waals surface area contributed by atoms with E-state index in [-0.39, 0.29) is 31.8 Å². The Hall–Kier alpha value is -6.08. The highest BCUT2D eigenvalue weighted by atomic mass is 16.5. The molecule has 0 aliphatic rings.